The summed E-state index contributed by atoms with van der Waals surface area (Å²) < 4.78 is 32.6. The van der Waals surface area contributed by atoms with Crippen LogP contribution < -0.4 is 5.32 Å². The summed E-state index contributed by atoms with van der Waals surface area (Å²) in [6.07, 6.45) is 1.41. The number of fused-ring (bicyclic) bond motifs is 3. The van der Waals surface area contributed by atoms with Crippen LogP contribution in [-0.2, 0) is 19.9 Å². The topological polar surface area (TPSA) is 111 Å². The smallest absolute Gasteiger partial charge is 0.412 e. The molecule has 1 amide bonds. The maximum absolute atomic E-state index is 15.5. The molecule has 0 radical (unpaired) electrons. The first-order valence-corrected chi connectivity index (χ1v) is 12.4. The molecule has 3 fully saturated rings. The number of ether oxygens (including phenoxy) is 2. The van der Waals surface area contributed by atoms with Crippen LogP contribution in [0, 0.1) is 18.2 Å². The highest BCUT2D eigenvalue weighted by Gasteiger charge is 2.52. The Morgan fingerprint density at radius 1 is 1.16 bits per heavy atom. The Morgan fingerprint density at radius 3 is 2.51 bits per heavy atom. The van der Waals surface area contributed by atoms with Crippen molar-refractivity contribution in [2.24, 2.45) is 5.41 Å². The Hall–Kier alpha value is -3.72. The van der Waals surface area contributed by atoms with Gasteiger partial charge in [0.25, 0.3) is 0 Å². The van der Waals surface area contributed by atoms with Crippen LogP contribution in [0.2, 0.25) is 0 Å². The van der Waals surface area contributed by atoms with Gasteiger partial charge in [0.15, 0.2) is 5.76 Å². The van der Waals surface area contributed by atoms with Crippen molar-refractivity contribution < 1.29 is 33.1 Å². The Labute approximate surface area is 213 Å². The maximum atomic E-state index is 15.5. The lowest BCUT2D eigenvalue weighted by molar-refractivity contribution is -0.196. The van der Waals surface area contributed by atoms with Crippen LogP contribution in [0.3, 0.4) is 0 Å². The fourth-order valence-corrected chi connectivity index (χ4v) is 5.48. The Bertz CT molecular complexity index is 1300. The van der Waals surface area contributed by atoms with E-state index in [0.717, 1.165) is 5.56 Å². The molecule has 1 aromatic heterocycles. The van der Waals surface area contributed by atoms with E-state index >= 15 is 4.39 Å². The average molecular weight is 509 g/mol. The third kappa shape index (κ3) is 4.83. The number of hydrogen-bond donors (Lipinski definition) is 2. The second-order valence-electron chi connectivity index (χ2n) is 10.1. The van der Waals surface area contributed by atoms with Crippen molar-refractivity contribution in [1.29, 1.82) is 0 Å². The van der Waals surface area contributed by atoms with Crippen LogP contribution >= 0.6 is 0 Å². The van der Waals surface area contributed by atoms with Gasteiger partial charge in [-0.15, -0.1) is 0 Å². The number of carboxylic acid groups (broad SMARTS) is 1. The van der Waals surface area contributed by atoms with Crippen LogP contribution in [0.1, 0.15) is 62.0 Å². The number of carboxylic acids is 1. The van der Waals surface area contributed by atoms with Crippen LogP contribution in [0.4, 0.5) is 14.9 Å². The minimum absolute atomic E-state index is 0.0671. The van der Waals surface area contributed by atoms with E-state index in [0.29, 0.717) is 54.8 Å². The fraction of sp³-hybridized carbons (Fsp3) is 0.393. The van der Waals surface area contributed by atoms with E-state index in [1.165, 1.54) is 6.07 Å². The van der Waals surface area contributed by atoms with Crippen LogP contribution in [0.5, 0.6) is 0 Å². The van der Waals surface area contributed by atoms with Crippen molar-refractivity contribution >= 4 is 17.7 Å². The summed E-state index contributed by atoms with van der Waals surface area (Å²) in [5.41, 5.74) is 1.32. The maximum Gasteiger partial charge on any atom is 0.412 e. The molecule has 1 aliphatic carbocycles. The number of carbonyl (C=O) groups excluding carboxylic acids is 1. The lowest BCUT2D eigenvalue weighted by atomic mass is 9.63. The van der Waals surface area contributed by atoms with Crippen molar-refractivity contribution in [3.8, 4) is 11.3 Å². The van der Waals surface area contributed by atoms with Crippen molar-refractivity contribution in [2.45, 2.75) is 57.7 Å². The molecule has 37 heavy (non-hydrogen) atoms. The van der Waals surface area contributed by atoms with E-state index in [2.05, 4.69) is 10.5 Å². The zero-order chi connectivity index (χ0) is 26.2. The van der Waals surface area contributed by atoms with Gasteiger partial charge in [-0.3, -0.25) is 10.1 Å². The molecule has 1 atom stereocenters. The molecule has 2 aromatic carbocycles. The van der Waals surface area contributed by atoms with Gasteiger partial charge in [0.2, 0.25) is 0 Å². The van der Waals surface area contributed by atoms with Crippen LogP contribution in [0.25, 0.3) is 11.3 Å². The van der Waals surface area contributed by atoms with Crippen molar-refractivity contribution in [2.75, 3.05) is 11.9 Å². The SMILES string of the molecule is Cc1noc(-c2ccc(C34CCC(CC(=O)O)(CC3)CO4)c(F)c2)c1NC(=O)O[C@H](C)c1ccccc1. The second-order valence-corrected chi connectivity index (χ2v) is 10.1. The fourth-order valence-electron chi connectivity index (χ4n) is 5.48. The van der Waals surface area contributed by atoms with Crippen molar-refractivity contribution in [3.63, 3.8) is 0 Å². The molecule has 2 aliphatic heterocycles. The number of nitrogens with one attached hydrogen (secondary N) is 1. The van der Waals surface area contributed by atoms with Crippen LogP contribution in [-0.4, -0.2) is 28.9 Å². The molecular weight excluding hydrogens is 479 g/mol. The number of halogens is 1. The zero-order valence-electron chi connectivity index (χ0n) is 20.8. The van der Waals surface area contributed by atoms with E-state index in [1.54, 1.807) is 26.0 Å². The van der Waals surface area contributed by atoms with E-state index < -0.39 is 29.6 Å². The van der Waals surface area contributed by atoms with Gasteiger partial charge in [0, 0.05) is 16.5 Å². The Kier molecular flexibility index (Phi) is 6.49. The lowest BCUT2D eigenvalue weighted by Crippen LogP contribution is -2.50. The first-order valence-electron chi connectivity index (χ1n) is 12.4. The number of carbonyl (C=O) groups is 2. The largest absolute Gasteiger partial charge is 0.481 e. The van der Waals surface area contributed by atoms with Gasteiger partial charge in [0.1, 0.15) is 23.3 Å². The highest BCUT2D eigenvalue weighted by atomic mass is 19.1. The van der Waals surface area contributed by atoms with E-state index in [9.17, 15) is 14.7 Å². The molecule has 8 nitrogen and oxygen atoms in total. The third-order valence-electron chi connectivity index (χ3n) is 7.66. The predicted octanol–water partition coefficient (Wildman–Crippen LogP) is 6.36. The number of anilines is 1. The number of rotatable bonds is 7. The van der Waals surface area contributed by atoms with Gasteiger partial charge < -0.3 is 19.1 Å². The minimum atomic E-state index is -0.835. The highest BCUT2D eigenvalue weighted by molar-refractivity contribution is 5.90. The number of aryl methyl sites for hydroxylation is 1. The summed E-state index contributed by atoms with van der Waals surface area (Å²) in [5, 5.41) is 15.9. The van der Waals surface area contributed by atoms with Crippen LogP contribution in [0.15, 0.2) is 53.1 Å². The summed E-state index contributed by atoms with van der Waals surface area (Å²) in [7, 11) is 0. The monoisotopic (exact) mass is 508 g/mol. The second kappa shape index (κ2) is 9.63. The zero-order valence-corrected chi connectivity index (χ0v) is 20.8. The van der Waals surface area contributed by atoms with Gasteiger partial charge in [0.05, 0.1) is 18.6 Å². The molecular formula is C28H29FN2O6. The molecule has 6 rings (SSSR count). The first-order chi connectivity index (χ1) is 17.7. The minimum Gasteiger partial charge on any atom is -0.481 e. The van der Waals surface area contributed by atoms with Crippen molar-refractivity contribution in [3.05, 3.63) is 71.2 Å². The molecule has 9 heteroatoms. The normalized spacial score (nSPS) is 23.4. The summed E-state index contributed by atoms with van der Waals surface area (Å²) in [5.74, 6) is -1.07. The number of amides is 1. The number of aromatic nitrogens is 1. The number of aliphatic carboxylic acids is 1. The molecule has 2 N–H and O–H groups in total. The third-order valence-corrected chi connectivity index (χ3v) is 7.66. The van der Waals surface area contributed by atoms with E-state index in [1.807, 2.05) is 30.3 Å². The summed E-state index contributed by atoms with van der Waals surface area (Å²) in [6, 6.07) is 14.1. The summed E-state index contributed by atoms with van der Waals surface area (Å²) >= 11 is 0. The molecule has 3 aliphatic rings. The molecule has 3 aromatic rings. The molecule has 2 saturated heterocycles. The van der Waals surface area contributed by atoms with Gasteiger partial charge in [-0.05, 0) is 51.2 Å². The van der Waals surface area contributed by atoms with Gasteiger partial charge >= 0.3 is 12.1 Å². The number of nitrogens with zero attached hydrogens (tertiary/aromatic N) is 1. The molecule has 0 unspecified atom stereocenters. The molecule has 2 bridgehead atoms. The number of benzene rings is 2. The molecule has 3 heterocycles. The molecule has 194 valence electrons. The Morgan fingerprint density at radius 2 is 1.89 bits per heavy atom. The average Bonchev–Trinajstić information content (AvgIpc) is 3.24. The Balaban J connectivity index is 1.33. The first kappa shape index (κ1) is 25.0. The predicted molar refractivity (Wildman–Crippen MR) is 132 cm³/mol. The van der Waals surface area contributed by atoms with Gasteiger partial charge in [-0.2, -0.15) is 0 Å². The van der Waals surface area contributed by atoms with Gasteiger partial charge in [-0.25, -0.2) is 9.18 Å². The highest BCUT2D eigenvalue weighted by Crippen LogP contribution is 2.55. The quantitative estimate of drug-likeness (QED) is 0.382. The lowest BCUT2D eigenvalue weighted by Gasteiger charge is -2.53. The van der Waals surface area contributed by atoms with E-state index in [4.69, 9.17) is 14.0 Å². The van der Waals surface area contributed by atoms with Crippen molar-refractivity contribution in [1.82, 2.24) is 5.16 Å². The standard InChI is InChI=1S/C28H29FN2O6/c1-17-24(30-26(34)36-18(2)19-6-4-3-5-7-19)25(37-31-17)20-8-9-21(22(29)14-20)28-12-10-27(11-13-28,16-35-28)15-23(32)33/h3-9,14,18H,10-13,15-16H2,1-2H3,(H,30,34)(H,32,33)/t18-,27?,28?/m1/s1. The summed E-state index contributed by atoms with van der Waals surface area (Å²) in [4.78, 5) is 23.9. The molecule has 0 spiro atoms. The van der Waals surface area contributed by atoms with Gasteiger partial charge in [-0.1, -0.05) is 47.6 Å². The molecule has 1 saturated carbocycles. The number of hydrogen-bond acceptors (Lipinski definition) is 6. The summed E-state index contributed by atoms with van der Waals surface area (Å²) in [6.45, 7) is 3.75. The van der Waals surface area contributed by atoms with E-state index in [-0.39, 0.29) is 17.6 Å².